The molecular formula is C14H18N2O. The van der Waals surface area contributed by atoms with E-state index in [1.807, 2.05) is 30.3 Å². The number of carbonyl (C=O) groups is 1. The summed E-state index contributed by atoms with van der Waals surface area (Å²) in [5.74, 6) is 0.602. The average molecular weight is 230 g/mol. The zero-order valence-corrected chi connectivity index (χ0v) is 10.5. The number of likely N-dealkylation sites (N-methyl/N-ethyl adjacent to an activating group) is 1. The first-order valence-corrected chi connectivity index (χ1v) is 6.12. The molecule has 4 rings (SSSR count). The van der Waals surface area contributed by atoms with E-state index in [4.69, 9.17) is 0 Å². The first-order valence-electron chi connectivity index (χ1n) is 6.12. The Balaban J connectivity index is 2.02. The first kappa shape index (κ1) is 10.8. The molecule has 90 valence electrons. The zero-order valence-electron chi connectivity index (χ0n) is 10.5. The first-order chi connectivity index (χ1) is 8.03. The smallest absolute Gasteiger partial charge is 0.238 e. The molecule has 2 aliphatic heterocycles. The number of benzene rings is 1. The summed E-state index contributed by atoms with van der Waals surface area (Å²) in [6.07, 6.45) is 0. The molecular weight excluding hydrogens is 212 g/mol. The Bertz CT molecular complexity index is 455. The maximum Gasteiger partial charge on any atom is 0.238 e. The number of rotatable bonds is 1. The fourth-order valence-corrected chi connectivity index (χ4v) is 3.78. The summed E-state index contributed by atoms with van der Waals surface area (Å²) in [6, 6.07) is 10.8. The van der Waals surface area contributed by atoms with Crippen LogP contribution in [0.2, 0.25) is 0 Å². The highest BCUT2D eigenvalue weighted by Gasteiger charge is 2.64. The second-order valence-corrected chi connectivity index (χ2v) is 5.77. The Labute approximate surface area is 102 Å². The predicted molar refractivity (Wildman–Crippen MR) is 66.1 cm³/mol. The van der Waals surface area contributed by atoms with E-state index >= 15 is 0 Å². The molecule has 2 heterocycles. The molecule has 2 bridgehead atoms. The molecule has 3 heteroatoms. The number of hydrazine groups is 1. The zero-order chi connectivity index (χ0) is 12.2. The van der Waals surface area contributed by atoms with Gasteiger partial charge in [0, 0.05) is 19.0 Å². The summed E-state index contributed by atoms with van der Waals surface area (Å²) in [5.41, 5.74) is 4.28. The summed E-state index contributed by atoms with van der Waals surface area (Å²) >= 11 is 0. The van der Waals surface area contributed by atoms with Crippen molar-refractivity contribution in [2.75, 3.05) is 7.05 Å². The molecule has 0 spiro atoms. The quantitative estimate of drug-likeness (QED) is 0.797. The van der Waals surface area contributed by atoms with Crippen molar-refractivity contribution in [3.8, 4) is 0 Å². The van der Waals surface area contributed by atoms with Gasteiger partial charge in [-0.1, -0.05) is 44.2 Å². The van der Waals surface area contributed by atoms with Crippen LogP contribution < -0.4 is 5.43 Å². The van der Waals surface area contributed by atoms with Crippen LogP contribution in [-0.2, 0) is 4.79 Å². The molecule has 3 unspecified atom stereocenters. The molecule has 1 N–H and O–H groups in total. The van der Waals surface area contributed by atoms with Gasteiger partial charge in [-0.25, -0.2) is 5.01 Å². The lowest BCUT2D eigenvalue weighted by molar-refractivity contribution is -0.180. The lowest BCUT2D eigenvalue weighted by Crippen LogP contribution is -2.75. The normalized spacial score (nSPS) is 35.0. The van der Waals surface area contributed by atoms with E-state index in [1.54, 1.807) is 0 Å². The fraction of sp³-hybridized carbons (Fsp3) is 0.500. The van der Waals surface area contributed by atoms with Crippen molar-refractivity contribution >= 4 is 5.91 Å². The van der Waals surface area contributed by atoms with E-state index < -0.39 is 0 Å². The van der Waals surface area contributed by atoms with Crippen LogP contribution in [0.3, 0.4) is 0 Å². The van der Waals surface area contributed by atoms with Crippen LogP contribution in [0, 0.1) is 11.3 Å². The highest BCUT2D eigenvalue weighted by Crippen LogP contribution is 2.59. The second-order valence-electron chi connectivity index (χ2n) is 5.77. The van der Waals surface area contributed by atoms with E-state index in [0.29, 0.717) is 12.0 Å². The molecule has 2 saturated heterocycles. The van der Waals surface area contributed by atoms with Crippen LogP contribution in [-0.4, -0.2) is 24.0 Å². The molecule has 1 amide bonds. The van der Waals surface area contributed by atoms with Crippen molar-refractivity contribution in [1.29, 1.82) is 0 Å². The van der Waals surface area contributed by atoms with Gasteiger partial charge in [0.1, 0.15) is 0 Å². The summed E-state index contributed by atoms with van der Waals surface area (Å²) in [4.78, 5) is 12.1. The Hall–Kier alpha value is -1.35. The molecule has 3 nitrogen and oxygen atoms in total. The van der Waals surface area contributed by atoms with Gasteiger partial charge in [0.15, 0.2) is 0 Å². The SMILES string of the molecule is CN1NC(=O)C2C(c3ccccc3)C1C2(C)C. The summed E-state index contributed by atoms with van der Waals surface area (Å²) in [5, 5.41) is 1.99. The van der Waals surface area contributed by atoms with E-state index in [-0.39, 0.29) is 17.2 Å². The number of hydrogen-bond acceptors (Lipinski definition) is 2. The Kier molecular flexibility index (Phi) is 2.11. The summed E-state index contributed by atoms with van der Waals surface area (Å²) in [6.45, 7) is 4.38. The lowest BCUT2D eigenvalue weighted by Gasteiger charge is -2.64. The molecule has 17 heavy (non-hydrogen) atoms. The minimum absolute atomic E-state index is 0.0671. The molecule has 3 fully saturated rings. The van der Waals surface area contributed by atoms with Crippen molar-refractivity contribution in [2.45, 2.75) is 25.8 Å². The fourth-order valence-electron chi connectivity index (χ4n) is 3.78. The van der Waals surface area contributed by atoms with Crippen LogP contribution in [0.4, 0.5) is 0 Å². The van der Waals surface area contributed by atoms with Crippen LogP contribution in [0.15, 0.2) is 30.3 Å². The van der Waals surface area contributed by atoms with Gasteiger partial charge in [-0.3, -0.25) is 10.2 Å². The molecule has 3 aliphatic rings. The van der Waals surface area contributed by atoms with E-state index in [0.717, 1.165) is 0 Å². The van der Waals surface area contributed by atoms with E-state index in [1.165, 1.54) is 5.56 Å². The topological polar surface area (TPSA) is 32.3 Å². The van der Waals surface area contributed by atoms with Gasteiger partial charge in [-0.05, 0) is 11.0 Å². The third kappa shape index (κ3) is 1.29. The number of hydrogen-bond donors (Lipinski definition) is 1. The molecule has 1 saturated carbocycles. The summed E-state index contributed by atoms with van der Waals surface area (Å²) < 4.78 is 0. The number of amides is 1. The predicted octanol–water partition coefficient (Wildman–Crippen LogP) is 1.77. The van der Waals surface area contributed by atoms with Crippen molar-refractivity contribution in [3.63, 3.8) is 0 Å². The van der Waals surface area contributed by atoms with Gasteiger partial charge >= 0.3 is 0 Å². The van der Waals surface area contributed by atoms with Crippen molar-refractivity contribution in [3.05, 3.63) is 35.9 Å². The van der Waals surface area contributed by atoms with E-state index in [2.05, 4.69) is 31.4 Å². The summed E-state index contributed by atoms with van der Waals surface area (Å²) in [7, 11) is 1.97. The van der Waals surface area contributed by atoms with Crippen LogP contribution in [0.5, 0.6) is 0 Å². The van der Waals surface area contributed by atoms with Gasteiger partial charge in [-0.2, -0.15) is 0 Å². The lowest BCUT2D eigenvalue weighted by atomic mass is 9.48. The van der Waals surface area contributed by atoms with Gasteiger partial charge in [0.25, 0.3) is 0 Å². The molecule has 1 aromatic rings. The second kappa shape index (κ2) is 3.33. The molecule has 3 atom stereocenters. The van der Waals surface area contributed by atoms with Gasteiger partial charge in [-0.15, -0.1) is 0 Å². The molecule has 0 aromatic heterocycles. The number of nitrogens with one attached hydrogen (secondary N) is 1. The maximum atomic E-state index is 12.1. The number of nitrogens with zero attached hydrogens (tertiary/aromatic N) is 1. The standard InChI is InChI=1S/C14H18N2O/c1-14(2)11-10(9-7-5-4-6-8-9)12(14)16(3)15-13(11)17/h4-8,10-12H,1-3H3,(H,15,17). The van der Waals surface area contributed by atoms with Crippen LogP contribution in [0.25, 0.3) is 0 Å². The third-order valence-electron chi connectivity index (χ3n) is 4.43. The Morgan fingerprint density at radius 1 is 1.24 bits per heavy atom. The van der Waals surface area contributed by atoms with Gasteiger partial charge in [0.05, 0.1) is 5.92 Å². The van der Waals surface area contributed by atoms with Crippen molar-refractivity contribution < 1.29 is 4.79 Å². The molecule has 0 radical (unpaired) electrons. The van der Waals surface area contributed by atoms with Crippen LogP contribution >= 0.6 is 0 Å². The average Bonchev–Trinajstić information content (AvgIpc) is 2.26. The Morgan fingerprint density at radius 3 is 2.41 bits per heavy atom. The third-order valence-corrected chi connectivity index (χ3v) is 4.43. The highest BCUT2D eigenvalue weighted by atomic mass is 16.2. The van der Waals surface area contributed by atoms with Crippen LogP contribution in [0.1, 0.15) is 25.3 Å². The highest BCUT2D eigenvalue weighted by molar-refractivity contribution is 5.83. The Morgan fingerprint density at radius 2 is 1.88 bits per heavy atom. The molecule has 1 aliphatic carbocycles. The monoisotopic (exact) mass is 230 g/mol. The van der Waals surface area contributed by atoms with Crippen molar-refractivity contribution in [1.82, 2.24) is 10.4 Å². The number of carbonyl (C=O) groups excluding carboxylic acids is 1. The van der Waals surface area contributed by atoms with E-state index in [9.17, 15) is 4.79 Å². The minimum atomic E-state index is 0.0671. The minimum Gasteiger partial charge on any atom is -0.289 e. The van der Waals surface area contributed by atoms with Gasteiger partial charge in [0.2, 0.25) is 5.91 Å². The molecule has 1 aromatic carbocycles. The van der Waals surface area contributed by atoms with Crippen molar-refractivity contribution in [2.24, 2.45) is 11.3 Å². The maximum absolute atomic E-state index is 12.1. The van der Waals surface area contributed by atoms with Gasteiger partial charge < -0.3 is 0 Å². The number of fused-ring (bicyclic) bond motifs is 2. The largest absolute Gasteiger partial charge is 0.289 e.